The minimum Gasteiger partial charge on any atom is -0.493 e. The number of carbonyl (C=O) groups is 1. The van der Waals surface area contributed by atoms with Crippen molar-refractivity contribution in [3.05, 3.63) is 63.1 Å². The predicted molar refractivity (Wildman–Crippen MR) is 102 cm³/mol. The van der Waals surface area contributed by atoms with E-state index in [4.69, 9.17) is 14.7 Å². The molecule has 0 saturated heterocycles. The van der Waals surface area contributed by atoms with E-state index >= 15 is 0 Å². The Morgan fingerprint density at radius 2 is 1.88 bits per heavy atom. The molecular formula is C20H18BrNO4. The molecule has 2 aromatic rings. The molecule has 0 radical (unpaired) electrons. The molecular weight excluding hydrogens is 398 g/mol. The Hall–Kier alpha value is -2.78. The molecule has 0 atom stereocenters. The minimum absolute atomic E-state index is 0.108. The average molecular weight is 416 g/mol. The highest BCUT2D eigenvalue weighted by atomic mass is 79.9. The van der Waals surface area contributed by atoms with Gasteiger partial charge in [0.2, 0.25) is 0 Å². The van der Waals surface area contributed by atoms with Crippen LogP contribution in [-0.2, 0) is 16.1 Å². The lowest BCUT2D eigenvalue weighted by molar-refractivity contribution is -0.135. The Labute approximate surface area is 160 Å². The second kappa shape index (κ2) is 9.07. The first-order valence-electron chi connectivity index (χ1n) is 7.74. The van der Waals surface area contributed by atoms with E-state index in [1.165, 1.54) is 25.9 Å². The Morgan fingerprint density at radius 1 is 1.19 bits per heavy atom. The molecule has 0 unspecified atom stereocenters. The largest absolute Gasteiger partial charge is 0.493 e. The molecule has 0 amide bonds. The Kier molecular flexibility index (Phi) is 6.81. The number of aryl methyl sites for hydroxylation is 1. The van der Waals surface area contributed by atoms with E-state index in [2.05, 4.69) is 20.7 Å². The summed E-state index contributed by atoms with van der Waals surface area (Å²) < 4.78 is 16.5. The molecule has 0 aliphatic rings. The van der Waals surface area contributed by atoms with E-state index in [9.17, 15) is 4.79 Å². The van der Waals surface area contributed by atoms with Crippen LogP contribution in [0, 0.1) is 18.3 Å². The van der Waals surface area contributed by atoms with Crippen LogP contribution >= 0.6 is 15.9 Å². The zero-order valence-electron chi connectivity index (χ0n) is 14.7. The summed E-state index contributed by atoms with van der Waals surface area (Å²) in [6.45, 7) is 2.42. The maximum atomic E-state index is 11.6. The molecule has 26 heavy (non-hydrogen) atoms. The van der Waals surface area contributed by atoms with Crippen molar-refractivity contribution >= 4 is 28.0 Å². The van der Waals surface area contributed by atoms with Crippen molar-refractivity contribution in [2.24, 2.45) is 0 Å². The Morgan fingerprint density at radius 3 is 2.46 bits per heavy atom. The fourth-order valence-corrected chi connectivity index (χ4v) is 2.62. The summed E-state index contributed by atoms with van der Waals surface area (Å²) >= 11 is 3.43. The van der Waals surface area contributed by atoms with Gasteiger partial charge >= 0.3 is 5.97 Å². The number of carbonyl (C=O) groups excluding carboxylic acids is 1. The quantitative estimate of drug-likeness (QED) is 0.396. The Bertz CT molecular complexity index is 867. The summed E-state index contributed by atoms with van der Waals surface area (Å²) in [7, 11) is 2.76. The van der Waals surface area contributed by atoms with Gasteiger partial charge in [0.15, 0.2) is 11.5 Å². The molecule has 0 aliphatic carbocycles. The summed E-state index contributed by atoms with van der Waals surface area (Å²) in [4.78, 5) is 11.6. The van der Waals surface area contributed by atoms with Gasteiger partial charge in [-0.3, -0.25) is 0 Å². The molecule has 0 heterocycles. The summed E-state index contributed by atoms with van der Waals surface area (Å²) in [6.07, 6.45) is 1.43. The van der Waals surface area contributed by atoms with Crippen LogP contribution in [0.3, 0.4) is 0 Å². The number of hydrogen-bond acceptors (Lipinski definition) is 5. The molecule has 0 fully saturated rings. The molecule has 0 aromatic heterocycles. The first kappa shape index (κ1) is 19.5. The summed E-state index contributed by atoms with van der Waals surface area (Å²) in [5, 5.41) is 9.10. The van der Waals surface area contributed by atoms with Gasteiger partial charge < -0.3 is 14.2 Å². The maximum Gasteiger partial charge on any atom is 0.348 e. The highest BCUT2D eigenvalue weighted by Gasteiger charge is 2.13. The van der Waals surface area contributed by atoms with Gasteiger partial charge in [-0.1, -0.05) is 45.8 Å². The van der Waals surface area contributed by atoms with Crippen LogP contribution in [0.5, 0.6) is 11.5 Å². The van der Waals surface area contributed by atoms with Crippen LogP contribution in [0.2, 0.25) is 0 Å². The van der Waals surface area contributed by atoms with Crippen molar-refractivity contribution in [3.8, 4) is 17.6 Å². The number of rotatable bonds is 6. The second-order valence-electron chi connectivity index (χ2n) is 5.46. The van der Waals surface area contributed by atoms with Crippen molar-refractivity contribution in [1.29, 1.82) is 5.26 Å². The van der Waals surface area contributed by atoms with Crippen LogP contribution in [0.4, 0.5) is 0 Å². The van der Waals surface area contributed by atoms with E-state index < -0.39 is 5.97 Å². The SMILES string of the molecule is COC(=O)C(C#N)=Cc1cc(OC)c(OCc2ccc(C)cc2)cc1Br. The highest BCUT2D eigenvalue weighted by molar-refractivity contribution is 9.10. The molecule has 0 spiro atoms. The molecule has 0 N–H and O–H groups in total. The summed E-state index contributed by atoms with van der Waals surface area (Å²) in [5.74, 6) is 0.348. The third-order valence-corrected chi connectivity index (χ3v) is 4.31. The van der Waals surface area contributed by atoms with Crippen molar-refractivity contribution in [1.82, 2.24) is 0 Å². The van der Waals surface area contributed by atoms with Gasteiger partial charge in [0.1, 0.15) is 18.2 Å². The molecule has 2 rings (SSSR count). The molecule has 2 aromatic carbocycles. The molecule has 0 aliphatic heterocycles. The van der Waals surface area contributed by atoms with Crippen molar-refractivity contribution in [2.75, 3.05) is 14.2 Å². The van der Waals surface area contributed by atoms with Crippen LogP contribution in [0.25, 0.3) is 6.08 Å². The number of halogens is 1. The van der Waals surface area contributed by atoms with Crippen LogP contribution < -0.4 is 9.47 Å². The zero-order chi connectivity index (χ0) is 19.1. The van der Waals surface area contributed by atoms with Gasteiger partial charge in [-0.15, -0.1) is 0 Å². The topological polar surface area (TPSA) is 68.6 Å². The van der Waals surface area contributed by atoms with Crippen LogP contribution in [0.15, 0.2) is 46.4 Å². The number of nitrogens with zero attached hydrogens (tertiary/aromatic N) is 1. The zero-order valence-corrected chi connectivity index (χ0v) is 16.3. The van der Waals surface area contributed by atoms with E-state index in [-0.39, 0.29) is 5.57 Å². The summed E-state index contributed by atoms with van der Waals surface area (Å²) in [6, 6.07) is 13.3. The molecule has 6 heteroatoms. The molecule has 5 nitrogen and oxygen atoms in total. The summed E-state index contributed by atoms with van der Waals surface area (Å²) in [5.41, 5.74) is 2.72. The third kappa shape index (κ3) is 4.87. The number of hydrogen-bond donors (Lipinski definition) is 0. The average Bonchev–Trinajstić information content (AvgIpc) is 2.66. The van der Waals surface area contributed by atoms with Crippen molar-refractivity contribution < 1.29 is 19.0 Å². The number of esters is 1. The molecule has 0 bridgehead atoms. The van der Waals surface area contributed by atoms with E-state index in [1.54, 1.807) is 12.1 Å². The second-order valence-corrected chi connectivity index (χ2v) is 6.31. The van der Waals surface area contributed by atoms with Gasteiger partial charge in [0.25, 0.3) is 0 Å². The molecule has 0 saturated carbocycles. The fourth-order valence-electron chi connectivity index (χ4n) is 2.18. The number of methoxy groups -OCH3 is 2. The van der Waals surface area contributed by atoms with E-state index in [1.807, 2.05) is 37.3 Å². The monoisotopic (exact) mass is 415 g/mol. The first-order valence-corrected chi connectivity index (χ1v) is 8.53. The van der Waals surface area contributed by atoms with Crippen LogP contribution in [0.1, 0.15) is 16.7 Å². The van der Waals surface area contributed by atoms with Crippen molar-refractivity contribution in [2.45, 2.75) is 13.5 Å². The first-order chi connectivity index (χ1) is 12.5. The number of nitriles is 1. The number of benzene rings is 2. The normalized spacial score (nSPS) is 10.8. The van der Waals surface area contributed by atoms with Gasteiger partial charge in [-0.25, -0.2) is 4.79 Å². The number of ether oxygens (including phenoxy) is 3. The van der Waals surface area contributed by atoms with Crippen molar-refractivity contribution in [3.63, 3.8) is 0 Å². The standard InChI is InChI=1S/C20H18BrNO4/c1-13-4-6-14(7-5-13)12-26-19-10-17(21)15(9-18(19)24-2)8-16(11-22)20(23)25-3/h4-10H,12H2,1-3H3. The smallest absolute Gasteiger partial charge is 0.348 e. The van der Waals surface area contributed by atoms with Gasteiger partial charge in [-0.05, 0) is 36.3 Å². The third-order valence-electron chi connectivity index (χ3n) is 3.62. The van der Waals surface area contributed by atoms with Gasteiger partial charge in [0.05, 0.1) is 14.2 Å². The molecule has 134 valence electrons. The highest BCUT2D eigenvalue weighted by Crippen LogP contribution is 2.35. The maximum absolute atomic E-state index is 11.6. The predicted octanol–water partition coefficient (Wildman–Crippen LogP) is 4.43. The Balaban J connectivity index is 2.28. The minimum atomic E-state index is -0.696. The lowest BCUT2D eigenvalue weighted by atomic mass is 10.1. The fraction of sp³-hybridized carbons (Fsp3) is 0.200. The lowest BCUT2D eigenvalue weighted by Crippen LogP contribution is -2.03. The van der Waals surface area contributed by atoms with Gasteiger partial charge in [0, 0.05) is 4.47 Å². The van der Waals surface area contributed by atoms with Gasteiger partial charge in [-0.2, -0.15) is 5.26 Å². The lowest BCUT2D eigenvalue weighted by Gasteiger charge is -2.13. The van der Waals surface area contributed by atoms with Crippen LogP contribution in [-0.4, -0.2) is 20.2 Å². The van der Waals surface area contributed by atoms with E-state index in [0.717, 1.165) is 5.56 Å². The van der Waals surface area contributed by atoms with E-state index in [0.29, 0.717) is 28.1 Å².